The third-order valence-electron chi connectivity index (χ3n) is 3.04. The Hall–Kier alpha value is -1.75. The monoisotopic (exact) mass is 249 g/mol. The van der Waals surface area contributed by atoms with Crippen LogP contribution in [0.2, 0.25) is 0 Å². The molecule has 1 aliphatic rings. The van der Waals surface area contributed by atoms with Gasteiger partial charge in [0.15, 0.2) is 0 Å². The molecule has 5 nitrogen and oxygen atoms in total. The Morgan fingerprint density at radius 1 is 1.39 bits per heavy atom. The van der Waals surface area contributed by atoms with Crippen LogP contribution in [0.5, 0.6) is 0 Å². The second kappa shape index (κ2) is 6.26. The molecule has 18 heavy (non-hydrogen) atoms. The van der Waals surface area contributed by atoms with E-state index in [0.717, 1.165) is 19.5 Å². The van der Waals surface area contributed by atoms with Crippen LogP contribution >= 0.6 is 0 Å². The molecule has 0 bridgehead atoms. The molecule has 1 aromatic carbocycles. The van der Waals surface area contributed by atoms with E-state index in [1.807, 2.05) is 18.2 Å². The van der Waals surface area contributed by atoms with Crippen LogP contribution in [-0.4, -0.2) is 43.4 Å². The summed E-state index contributed by atoms with van der Waals surface area (Å²) in [6.45, 7) is 2.04. The average Bonchev–Trinajstić information content (AvgIpc) is 2.86. The zero-order valence-electron chi connectivity index (χ0n) is 10.3. The van der Waals surface area contributed by atoms with Gasteiger partial charge in [-0.1, -0.05) is 18.2 Å². The van der Waals surface area contributed by atoms with Crippen molar-refractivity contribution in [2.45, 2.75) is 12.5 Å². The summed E-state index contributed by atoms with van der Waals surface area (Å²) in [6.07, 6.45) is 0.946. The molecule has 1 atom stereocenters. The Bertz CT molecular complexity index is 383. The molecule has 1 saturated heterocycles. The van der Waals surface area contributed by atoms with Crippen molar-refractivity contribution in [1.29, 1.82) is 0 Å². The van der Waals surface area contributed by atoms with E-state index in [9.17, 15) is 4.79 Å². The minimum Gasteiger partial charge on any atom is -0.395 e. The Morgan fingerprint density at radius 3 is 2.89 bits per heavy atom. The number of hydrogen-bond acceptors (Lipinski definition) is 3. The first-order chi connectivity index (χ1) is 8.79. The predicted molar refractivity (Wildman–Crippen MR) is 70.7 cm³/mol. The molecular formula is C13H19N3O2. The lowest BCUT2D eigenvalue weighted by Crippen LogP contribution is -2.44. The molecular weight excluding hydrogens is 230 g/mol. The zero-order chi connectivity index (χ0) is 12.8. The van der Waals surface area contributed by atoms with Gasteiger partial charge in [0.05, 0.1) is 6.61 Å². The lowest BCUT2D eigenvalue weighted by Gasteiger charge is -2.19. The van der Waals surface area contributed by atoms with Crippen LogP contribution in [-0.2, 0) is 0 Å². The van der Waals surface area contributed by atoms with Gasteiger partial charge in [0.1, 0.15) is 0 Å². The smallest absolute Gasteiger partial charge is 0.315 e. The molecule has 0 saturated carbocycles. The molecule has 5 heteroatoms. The number of carbonyl (C=O) groups excluding carboxylic acids is 1. The highest BCUT2D eigenvalue weighted by atomic mass is 16.3. The Morgan fingerprint density at radius 2 is 2.17 bits per heavy atom. The Labute approximate surface area is 107 Å². The normalized spacial score (nSPS) is 18.7. The van der Waals surface area contributed by atoms with E-state index < -0.39 is 0 Å². The van der Waals surface area contributed by atoms with E-state index in [4.69, 9.17) is 5.11 Å². The molecule has 3 N–H and O–H groups in total. The fourth-order valence-corrected chi connectivity index (χ4v) is 2.16. The third kappa shape index (κ3) is 3.37. The summed E-state index contributed by atoms with van der Waals surface area (Å²) in [7, 11) is 0. The van der Waals surface area contributed by atoms with Gasteiger partial charge in [0.25, 0.3) is 0 Å². The molecule has 0 aliphatic carbocycles. The van der Waals surface area contributed by atoms with Gasteiger partial charge in [-0.25, -0.2) is 4.79 Å². The van der Waals surface area contributed by atoms with Gasteiger partial charge in [-0.3, -0.25) is 0 Å². The second-order valence-electron chi connectivity index (χ2n) is 4.39. The van der Waals surface area contributed by atoms with Crippen molar-refractivity contribution in [1.82, 2.24) is 10.6 Å². The van der Waals surface area contributed by atoms with Gasteiger partial charge in [-0.15, -0.1) is 0 Å². The number of nitrogens with one attached hydrogen (secondary N) is 2. The van der Waals surface area contributed by atoms with Crippen LogP contribution in [0.3, 0.4) is 0 Å². The van der Waals surface area contributed by atoms with Crippen molar-refractivity contribution >= 4 is 11.7 Å². The number of anilines is 1. The number of aliphatic hydroxyl groups excluding tert-OH is 1. The number of aliphatic hydroxyl groups is 1. The quantitative estimate of drug-likeness (QED) is 0.730. The van der Waals surface area contributed by atoms with Crippen molar-refractivity contribution in [3.63, 3.8) is 0 Å². The van der Waals surface area contributed by atoms with E-state index in [1.54, 1.807) is 0 Å². The van der Waals surface area contributed by atoms with Gasteiger partial charge in [-0.05, 0) is 18.6 Å². The molecule has 0 spiro atoms. The Kier molecular flexibility index (Phi) is 4.41. The highest BCUT2D eigenvalue weighted by molar-refractivity contribution is 5.74. The van der Waals surface area contributed by atoms with Crippen molar-refractivity contribution < 1.29 is 9.90 Å². The fourth-order valence-electron chi connectivity index (χ4n) is 2.16. The highest BCUT2D eigenvalue weighted by Gasteiger charge is 2.23. The maximum absolute atomic E-state index is 11.4. The van der Waals surface area contributed by atoms with Gasteiger partial charge < -0.3 is 20.6 Å². The number of rotatable bonds is 4. The fraction of sp³-hybridized carbons (Fsp3) is 0.462. The predicted octanol–water partition coefficient (Wildman–Crippen LogP) is 0.557. The van der Waals surface area contributed by atoms with Crippen LogP contribution < -0.4 is 15.5 Å². The topological polar surface area (TPSA) is 64.6 Å². The minimum absolute atomic E-state index is 0.0335. The third-order valence-corrected chi connectivity index (χ3v) is 3.04. The number of urea groups is 1. The lowest BCUT2D eigenvalue weighted by atomic mass is 10.3. The molecule has 98 valence electrons. The zero-order valence-corrected chi connectivity index (χ0v) is 10.3. The van der Waals surface area contributed by atoms with E-state index in [1.165, 1.54) is 5.69 Å². The summed E-state index contributed by atoms with van der Waals surface area (Å²) in [6, 6.07) is 10.2. The van der Waals surface area contributed by atoms with Crippen LogP contribution in [0.25, 0.3) is 0 Å². The summed E-state index contributed by atoms with van der Waals surface area (Å²) >= 11 is 0. The summed E-state index contributed by atoms with van der Waals surface area (Å²) in [5.41, 5.74) is 1.19. The van der Waals surface area contributed by atoms with E-state index in [0.29, 0.717) is 6.54 Å². The van der Waals surface area contributed by atoms with Crippen LogP contribution in [0.1, 0.15) is 6.42 Å². The van der Waals surface area contributed by atoms with Gasteiger partial charge in [0.2, 0.25) is 0 Å². The van der Waals surface area contributed by atoms with E-state index >= 15 is 0 Å². The number of benzene rings is 1. The molecule has 1 aromatic rings. The largest absolute Gasteiger partial charge is 0.395 e. The van der Waals surface area contributed by atoms with Crippen molar-refractivity contribution in [3.05, 3.63) is 30.3 Å². The maximum atomic E-state index is 11.4. The Balaban J connectivity index is 1.80. The summed E-state index contributed by atoms with van der Waals surface area (Å²) in [5, 5.41) is 14.1. The SMILES string of the molecule is O=C(NCCO)NC1CCN(c2ccccc2)C1. The molecule has 2 amide bonds. The first kappa shape index (κ1) is 12.7. The van der Waals surface area contributed by atoms with Crippen LogP contribution in [0.4, 0.5) is 10.5 Å². The number of nitrogens with zero attached hydrogens (tertiary/aromatic N) is 1. The van der Waals surface area contributed by atoms with Crippen LogP contribution in [0, 0.1) is 0 Å². The lowest BCUT2D eigenvalue weighted by molar-refractivity contribution is 0.231. The highest BCUT2D eigenvalue weighted by Crippen LogP contribution is 2.19. The second-order valence-corrected chi connectivity index (χ2v) is 4.39. The summed E-state index contributed by atoms with van der Waals surface area (Å²) in [4.78, 5) is 13.7. The molecule has 0 aromatic heterocycles. The molecule has 2 rings (SSSR count). The molecule has 1 heterocycles. The van der Waals surface area contributed by atoms with Crippen LogP contribution in [0.15, 0.2) is 30.3 Å². The van der Waals surface area contributed by atoms with Crippen molar-refractivity contribution in [2.24, 2.45) is 0 Å². The summed E-state index contributed by atoms with van der Waals surface area (Å²) in [5.74, 6) is 0. The van der Waals surface area contributed by atoms with Crippen molar-refractivity contribution in [2.75, 3.05) is 31.1 Å². The number of para-hydroxylation sites is 1. The van der Waals surface area contributed by atoms with Crippen molar-refractivity contribution in [3.8, 4) is 0 Å². The number of carbonyl (C=O) groups is 1. The van der Waals surface area contributed by atoms with E-state index in [-0.39, 0.29) is 18.7 Å². The number of amides is 2. The molecule has 1 fully saturated rings. The average molecular weight is 249 g/mol. The number of hydrogen-bond donors (Lipinski definition) is 3. The van der Waals surface area contributed by atoms with Gasteiger partial charge >= 0.3 is 6.03 Å². The molecule has 0 radical (unpaired) electrons. The van der Waals surface area contributed by atoms with Gasteiger partial charge in [0, 0.05) is 31.4 Å². The first-order valence-corrected chi connectivity index (χ1v) is 6.25. The summed E-state index contributed by atoms with van der Waals surface area (Å²) < 4.78 is 0. The minimum atomic E-state index is -0.205. The standard InChI is InChI=1S/C13H19N3O2/c17-9-7-14-13(18)15-11-6-8-16(10-11)12-4-2-1-3-5-12/h1-5,11,17H,6-10H2,(H2,14,15,18). The maximum Gasteiger partial charge on any atom is 0.315 e. The first-order valence-electron chi connectivity index (χ1n) is 6.25. The van der Waals surface area contributed by atoms with E-state index in [2.05, 4.69) is 27.7 Å². The molecule has 1 unspecified atom stereocenters. The van der Waals surface area contributed by atoms with Gasteiger partial charge in [-0.2, -0.15) is 0 Å². The molecule has 1 aliphatic heterocycles.